The molecule has 8 N–H and O–H groups in total. The SMILES string of the molecule is CSCCC(N)C(=O)NC(CC(C)C)C(=O)NC(CS)C(=O)NC(CC(N)=O)C(=O)O. The molecule has 0 saturated heterocycles. The summed E-state index contributed by atoms with van der Waals surface area (Å²) in [4.78, 5) is 59.7. The molecule has 0 aliphatic heterocycles. The van der Waals surface area contributed by atoms with Crippen molar-refractivity contribution >= 4 is 54.0 Å². The average Bonchev–Trinajstić information content (AvgIpc) is 2.67. The van der Waals surface area contributed by atoms with Crippen LogP contribution in [0.25, 0.3) is 0 Å². The minimum Gasteiger partial charge on any atom is -0.480 e. The Bertz CT molecular complexity index is 649. The minimum absolute atomic E-state index is 0.0497. The summed E-state index contributed by atoms with van der Waals surface area (Å²) in [5.41, 5.74) is 10.8. The first-order chi connectivity index (χ1) is 14.4. The van der Waals surface area contributed by atoms with Gasteiger partial charge in [-0.2, -0.15) is 24.4 Å². The molecule has 13 heteroatoms. The summed E-state index contributed by atoms with van der Waals surface area (Å²) in [5, 5.41) is 16.3. The summed E-state index contributed by atoms with van der Waals surface area (Å²) in [5.74, 6) is -3.71. The van der Waals surface area contributed by atoms with Crippen molar-refractivity contribution < 1.29 is 29.1 Å². The van der Waals surface area contributed by atoms with Gasteiger partial charge in [-0.25, -0.2) is 4.79 Å². The van der Waals surface area contributed by atoms with E-state index in [2.05, 4.69) is 28.6 Å². The maximum atomic E-state index is 12.7. The van der Waals surface area contributed by atoms with Crippen LogP contribution in [0.3, 0.4) is 0 Å². The van der Waals surface area contributed by atoms with Crippen LogP contribution in [-0.2, 0) is 24.0 Å². The second-order valence-electron chi connectivity index (χ2n) is 7.39. The molecule has 0 radical (unpaired) electrons. The maximum absolute atomic E-state index is 12.7. The first-order valence-electron chi connectivity index (χ1n) is 9.70. The fourth-order valence-electron chi connectivity index (χ4n) is 2.50. The van der Waals surface area contributed by atoms with Gasteiger partial charge in [-0.15, -0.1) is 0 Å². The van der Waals surface area contributed by atoms with Gasteiger partial charge >= 0.3 is 5.97 Å². The number of nitrogens with two attached hydrogens (primary N) is 2. The van der Waals surface area contributed by atoms with Crippen molar-refractivity contribution in [1.82, 2.24) is 16.0 Å². The Kier molecular flexibility index (Phi) is 14.0. The molecule has 178 valence electrons. The fourth-order valence-corrected chi connectivity index (χ4v) is 3.24. The zero-order chi connectivity index (χ0) is 24.1. The third-order valence-electron chi connectivity index (χ3n) is 4.15. The van der Waals surface area contributed by atoms with Crippen molar-refractivity contribution in [3.8, 4) is 0 Å². The number of rotatable bonds is 15. The molecule has 4 unspecified atom stereocenters. The molecule has 0 aromatic heterocycles. The Hall–Kier alpha value is -1.99. The molecule has 0 fully saturated rings. The van der Waals surface area contributed by atoms with E-state index in [9.17, 15) is 24.0 Å². The van der Waals surface area contributed by atoms with Gasteiger partial charge in [0.05, 0.1) is 12.5 Å². The monoisotopic (exact) mass is 479 g/mol. The van der Waals surface area contributed by atoms with Gasteiger partial charge in [0.25, 0.3) is 0 Å². The van der Waals surface area contributed by atoms with Crippen LogP contribution >= 0.6 is 24.4 Å². The van der Waals surface area contributed by atoms with Crippen LogP contribution in [0.2, 0.25) is 0 Å². The smallest absolute Gasteiger partial charge is 0.326 e. The largest absolute Gasteiger partial charge is 0.480 e. The first-order valence-corrected chi connectivity index (χ1v) is 11.7. The number of thioether (sulfide) groups is 1. The first kappa shape index (κ1) is 29.0. The molecule has 0 rings (SSSR count). The predicted octanol–water partition coefficient (Wildman–Crippen LogP) is -1.54. The van der Waals surface area contributed by atoms with Crippen LogP contribution in [0, 0.1) is 5.92 Å². The summed E-state index contributed by atoms with van der Waals surface area (Å²) in [7, 11) is 0. The summed E-state index contributed by atoms with van der Waals surface area (Å²) >= 11 is 5.57. The van der Waals surface area contributed by atoms with Crippen LogP contribution in [0.15, 0.2) is 0 Å². The number of amides is 4. The van der Waals surface area contributed by atoms with E-state index in [1.807, 2.05) is 20.1 Å². The van der Waals surface area contributed by atoms with E-state index >= 15 is 0 Å². The van der Waals surface area contributed by atoms with E-state index in [0.29, 0.717) is 18.6 Å². The van der Waals surface area contributed by atoms with Crippen LogP contribution in [-0.4, -0.2) is 76.6 Å². The molecule has 0 bridgehead atoms. The number of carboxylic acids is 1. The predicted molar refractivity (Wildman–Crippen MR) is 122 cm³/mol. The third-order valence-corrected chi connectivity index (χ3v) is 5.15. The van der Waals surface area contributed by atoms with E-state index in [0.717, 1.165) is 0 Å². The Morgan fingerprint density at radius 2 is 1.48 bits per heavy atom. The zero-order valence-corrected chi connectivity index (χ0v) is 19.6. The Labute approximate surface area is 191 Å². The van der Waals surface area contributed by atoms with Gasteiger partial charge in [0.1, 0.15) is 18.1 Å². The summed E-state index contributed by atoms with van der Waals surface area (Å²) in [6.07, 6.45) is 2.03. The molecular formula is C18H33N5O6S2. The van der Waals surface area contributed by atoms with Gasteiger partial charge in [-0.05, 0) is 30.8 Å². The second kappa shape index (κ2) is 14.9. The maximum Gasteiger partial charge on any atom is 0.326 e. The molecule has 11 nitrogen and oxygen atoms in total. The number of hydrogen-bond donors (Lipinski definition) is 7. The Balaban J connectivity index is 5.21. The molecule has 0 aliphatic rings. The lowest BCUT2D eigenvalue weighted by molar-refractivity contribution is -0.143. The molecule has 4 atom stereocenters. The van der Waals surface area contributed by atoms with Crippen molar-refractivity contribution in [1.29, 1.82) is 0 Å². The quantitative estimate of drug-likeness (QED) is 0.137. The number of thiol groups is 1. The molecule has 0 aromatic rings. The second-order valence-corrected chi connectivity index (χ2v) is 8.74. The molecule has 0 spiro atoms. The van der Waals surface area contributed by atoms with Crippen molar-refractivity contribution in [2.75, 3.05) is 17.8 Å². The van der Waals surface area contributed by atoms with Crippen LogP contribution in [0.1, 0.15) is 33.1 Å². The molecular weight excluding hydrogens is 446 g/mol. The van der Waals surface area contributed by atoms with Gasteiger partial charge in [-0.3, -0.25) is 19.2 Å². The minimum atomic E-state index is -1.54. The van der Waals surface area contributed by atoms with Crippen LogP contribution in [0.4, 0.5) is 0 Å². The van der Waals surface area contributed by atoms with Crippen molar-refractivity contribution in [2.45, 2.75) is 57.3 Å². The molecule has 0 aromatic carbocycles. The summed E-state index contributed by atoms with van der Waals surface area (Å²) in [6.45, 7) is 3.73. The van der Waals surface area contributed by atoms with E-state index in [-0.39, 0.29) is 11.7 Å². The molecule has 0 saturated carbocycles. The lowest BCUT2D eigenvalue weighted by atomic mass is 10.0. The highest BCUT2D eigenvalue weighted by Crippen LogP contribution is 2.07. The van der Waals surface area contributed by atoms with E-state index in [1.54, 1.807) is 11.8 Å². The topological polar surface area (TPSA) is 194 Å². The number of carboxylic acid groups (broad SMARTS) is 1. The highest BCUT2D eigenvalue weighted by molar-refractivity contribution is 7.98. The number of primary amides is 1. The zero-order valence-electron chi connectivity index (χ0n) is 17.9. The molecule has 4 amide bonds. The van der Waals surface area contributed by atoms with Gasteiger partial charge in [0.2, 0.25) is 23.6 Å². The number of hydrogen-bond acceptors (Lipinski definition) is 8. The lowest BCUT2D eigenvalue weighted by Crippen LogP contribution is -2.58. The average molecular weight is 480 g/mol. The highest BCUT2D eigenvalue weighted by atomic mass is 32.2. The van der Waals surface area contributed by atoms with Gasteiger partial charge in [0, 0.05) is 5.75 Å². The standard InChI is InChI=1S/C18H33N5O6S2/c1-9(2)6-11(21-15(25)10(19)4-5-31-3)16(26)23-13(8-30)17(27)22-12(18(28)29)7-14(20)24/h9-13,30H,4-8,19H2,1-3H3,(H2,20,24)(H,21,25)(H,22,27)(H,23,26)(H,28,29). The van der Waals surface area contributed by atoms with Gasteiger partial charge in [0.15, 0.2) is 0 Å². The molecule has 31 heavy (non-hydrogen) atoms. The van der Waals surface area contributed by atoms with E-state index < -0.39 is 60.2 Å². The van der Waals surface area contributed by atoms with Crippen molar-refractivity contribution in [3.05, 3.63) is 0 Å². The number of carbonyl (C=O) groups is 5. The van der Waals surface area contributed by atoms with E-state index in [1.165, 1.54) is 0 Å². The number of carbonyl (C=O) groups excluding carboxylic acids is 4. The Morgan fingerprint density at radius 3 is 1.94 bits per heavy atom. The van der Waals surface area contributed by atoms with Crippen LogP contribution in [0.5, 0.6) is 0 Å². The normalized spacial score (nSPS) is 14.8. The van der Waals surface area contributed by atoms with Crippen molar-refractivity contribution in [2.24, 2.45) is 17.4 Å². The Morgan fingerprint density at radius 1 is 0.968 bits per heavy atom. The number of aliphatic carboxylic acids is 1. The van der Waals surface area contributed by atoms with Gasteiger partial charge < -0.3 is 32.5 Å². The third kappa shape index (κ3) is 11.8. The summed E-state index contributed by atoms with van der Waals surface area (Å²) in [6, 6.07) is -4.44. The van der Waals surface area contributed by atoms with Crippen LogP contribution < -0.4 is 27.4 Å². The highest BCUT2D eigenvalue weighted by Gasteiger charge is 2.30. The summed E-state index contributed by atoms with van der Waals surface area (Å²) < 4.78 is 0. The molecule has 0 aliphatic carbocycles. The molecule has 0 heterocycles. The number of nitrogens with one attached hydrogen (secondary N) is 3. The fraction of sp³-hybridized carbons (Fsp3) is 0.722. The van der Waals surface area contributed by atoms with E-state index in [4.69, 9.17) is 16.6 Å². The van der Waals surface area contributed by atoms with Crippen molar-refractivity contribution in [3.63, 3.8) is 0 Å². The van der Waals surface area contributed by atoms with Gasteiger partial charge in [-0.1, -0.05) is 13.8 Å². The lowest BCUT2D eigenvalue weighted by Gasteiger charge is -2.25.